The van der Waals surface area contributed by atoms with Crippen LogP contribution in [0, 0.1) is 5.92 Å². The average Bonchev–Trinajstić information content (AvgIpc) is 2.89. The minimum Gasteiger partial charge on any atom is -0.377 e. The molecule has 1 heterocycles. The summed E-state index contributed by atoms with van der Waals surface area (Å²) >= 11 is 0. The molecule has 3 aromatic carbocycles. The first-order valence-electron chi connectivity index (χ1n) is 13.1. The van der Waals surface area contributed by atoms with Crippen molar-refractivity contribution in [2.75, 3.05) is 49.9 Å². The SMILES string of the molecule is CN(C)c1nc(N[C@H]2CC[C@@H](CNCc3ccc(N(C)C)c4ccccc34)CC2)nc2ccccc12. The van der Waals surface area contributed by atoms with Crippen molar-refractivity contribution < 1.29 is 0 Å². The third-order valence-electron chi connectivity index (χ3n) is 7.41. The number of hydrogen-bond acceptors (Lipinski definition) is 6. The van der Waals surface area contributed by atoms with E-state index in [4.69, 9.17) is 9.97 Å². The zero-order valence-electron chi connectivity index (χ0n) is 22.0. The summed E-state index contributed by atoms with van der Waals surface area (Å²) < 4.78 is 0. The Morgan fingerprint density at radius 1 is 0.750 bits per heavy atom. The van der Waals surface area contributed by atoms with Gasteiger partial charge in [-0.15, -0.1) is 0 Å². The van der Waals surface area contributed by atoms with Crippen LogP contribution in [0.15, 0.2) is 60.7 Å². The summed E-state index contributed by atoms with van der Waals surface area (Å²) in [5.74, 6) is 2.42. The number of benzene rings is 3. The second-order valence-electron chi connectivity index (χ2n) is 10.5. The summed E-state index contributed by atoms with van der Waals surface area (Å²) in [7, 11) is 8.29. The number of hydrogen-bond donors (Lipinski definition) is 2. The Kier molecular flexibility index (Phi) is 7.23. The molecule has 36 heavy (non-hydrogen) atoms. The third-order valence-corrected chi connectivity index (χ3v) is 7.41. The smallest absolute Gasteiger partial charge is 0.225 e. The van der Waals surface area contributed by atoms with Crippen molar-refractivity contribution in [3.63, 3.8) is 0 Å². The Morgan fingerprint density at radius 2 is 1.44 bits per heavy atom. The summed E-state index contributed by atoms with van der Waals surface area (Å²) in [5.41, 5.74) is 3.63. The van der Waals surface area contributed by atoms with Gasteiger partial charge in [0.25, 0.3) is 0 Å². The van der Waals surface area contributed by atoms with Gasteiger partial charge in [-0.3, -0.25) is 0 Å². The van der Waals surface area contributed by atoms with E-state index < -0.39 is 0 Å². The second kappa shape index (κ2) is 10.7. The molecule has 1 aromatic heterocycles. The standard InChI is InChI=1S/C30H38N6/c1-35(2)28-18-15-22(24-9-5-6-10-25(24)28)20-31-19-21-13-16-23(17-14-21)32-30-33-27-12-8-7-11-26(27)29(34-30)36(3)4/h5-12,15,18,21,23,31H,13-14,16-17,19-20H2,1-4H3,(H,32,33,34)/t21-,23+. The first-order chi connectivity index (χ1) is 17.5. The monoisotopic (exact) mass is 482 g/mol. The lowest BCUT2D eigenvalue weighted by Crippen LogP contribution is -2.31. The van der Waals surface area contributed by atoms with Crippen LogP contribution < -0.4 is 20.4 Å². The van der Waals surface area contributed by atoms with Gasteiger partial charge in [0.05, 0.1) is 5.52 Å². The van der Waals surface area contributed by atoms with Gasteiger partial charge in [0.2, 0.25) is 5.95 Å². The van der Waals surface area contributed by atoms with Crippen molar-refractivity contribution in [1.29, 1.82) is 0 Å². The van der Waals surface area contributed by atoms with Gasteiger partial charge in [-0.1, -0.05) is 42.5 Å². The highest BCUT2D eigenvalue weighted by molar-refractivity contribution is 5.96. The van der Waals surface area contributed by atoms with Gasteiger partial charge < -0.3 is 20.4 Å². The lowest BCUT2D eigenvalue weighted by Gasteiger charge is -2.29. The third kappa shape index (κ3) is 5.24. The van der Waals surface area contributed by atoms with E-state index in [-0.39, 0.29) is 0 Å². The normalized spacial score (nSPS) is 17.9. The van der Waals surface area contributed by atoms with Crippen LogP contribution >= 0.6 is 0 Å². The minimum absolute atomic E-state index is 0.431. The fourth-order valence-corrected chi connectivity index (χ4v) is 5.46. The van der Waals surface area contributed by atoms with E-state index in [0.717, 1.165) is 48.6 Å². The van der Waals surface area contributed by atoms with Crippen molar-refractivity contribution in [2.24, 2.45) is 5.92 Å². The molecule has 188 valence electrons. The number of anilines is 3. The lowest BCUT2D eigenvalue weighted by molar-refractivity contribution is 0.324. The Morgan fingerprint density at radius 3 is 2.17 bits per heavy atom. The number of rotatable bonds is 8. The Labute approximate surface area is 214 Å². The molecule has 1 saturated carbocycles. The van der Waals surface area contributed by atoms with Gasteiger partial charge in [-0.05, 0) is 67.3 Å². The molecule has 5 rings (SSSR count). The summed E-state index contributed by atoms with van der Waals surface area (Å²) in [5, 5.41) is 11.1. The maximum atomic E-state index is 4.83. The van der Waals surface area contributed by atoms with Gasteiger partial charge in [0.1, 0.15) is 5.82 Å². The van der Waals surface area contributed by atoms with E-state index in [1.807, 2.05) is 26.2 Å². The maximum Gasteiger partial charge on any atom is 0.225 e. The number of fused-ring (bicyclic) bond motifs is 2. The zero-order chi connectivity index (χ0) is 25.1. The molecule has 0 unspecified atom stereocenters. The second-order valence-corrected chi connectivity index (χ2v) is 10.5. The largest absolute Gasteiger partial charge is 0.377 e. The van der Waals surface area contributed by atoms with Crippen molar-refractivity contribution in [3.05, 3.63) is 66.2 Å². The first kappa shape index (κ1) is 24.3. The molecule has 0 spiro atoms. The van der Waals surface area contributed by atoms with Gasteiger partial charge >= 0.3 is 0 Å². The molecule has 0 bridgehead atoms. The molecule has 0 saturated heterocycles. The summed E-state index contributed by atoms with van der Waals surface area (Å²) in [6.45, 7) is 1.97. The molecular weight excluding hydrogens is 444 g/mol. The topological polar surface area (TPSA) is 56.3 Å². The molecule has 1 aliphatic rings. The number of aromatic nitrogens is 2. The van der Waals surface area contributed by atoms with Gasteiger partial charge in [-0.25, -0.2) is 4.98 Å². The van der Waals surface area contributed by atoms with Crippen LogP contribution in [0.5, 0.6) is 0 Å². The van der Waals surface area contributed by atoms with E-state index in [1.165, 1.54) is 34.9 Å². The van der Waals surface area contributed by atoms with Crippen LogP contribution in [0.3, 0.4) is 0 Å². The Hall–Kier alpha value is -3.38. The highest BCUT2D eigenvalue weighted by Crippen LogP contribution is 2.30. The van der Waals surface area contributed by atoms with Crippen LogP contribution in [0.25, 0.3) is 21.7 Å². The molecular formula is C30H38N6. The highest BCUT2D eigenvalue weighted by atomic mass is 15.2. The van der Waals surface area contributed by atoms with E-state index in [0.29, 0.717) is 12.0 Å². The number of nitrogens with zero attached hydrogens (tertiary/aromatic N) is 4. The summed E-state index contributed by atoms with van der Waals surface area (Å²) in [6, 6.07) is 21.9. The van der Waals surface area contributed by atoms with Gasteiger partial charge in [0.15, 0.2) is 0 Å². The maximum absolute atomic E-state index is 4.83. The molecule has 0 radical (unpaired) electrons. The number of nitrogens with one attached hydrogen (secondary N) is 2. The lowest BCUT2D eigenvalue weighted by atomic mass is 9.86. The Bertz CT molecular complexity index is 1320. The minimum atomic E-state index is 0.431. The molecule has 4 aromatic rings. The average molecular weight is 483 g/mol. The molecule has 1 fully saturated rings. The fourth-order valence-electron chi connectivity index (χ4n) is 5.46. The predicted octanol–water partition coefficient (Wildman–Crippen LogP) is 5.68. The number of para-hydroxylation sites is 1. The first-order valence-corrected chi connectivity index (χ1v) is 13.1. The fraction of sp³-hybridized carbons (Fsp3) is 0.400. The van der Waals surface area contributed by atoms with Gasteiger partial charge in [0, 0.05) is 57.2 Å². The van der Waals surface area contributed by atoms with Crippen LogP contribution in [0.4, 0.5) is 17.5 Å². The molecule has 6 nitrogen and oxygen atoms in total. The molecule has 1 aliphatic carbocycles. The van der Waals surface area contributed by atoms with Crippen molar-refractivity contribution in [3.8, 4) is 0 Å². The summed E-state index contributed by atoms with van der Waals surface area (Å²) in [6.07, 6.45) is 4.75. The van der Waals surface area contributed by atoms with Gasteiger partial charge in [-0.2, -0.15) is 4.98 Å². The van der Waals surface area contributed by atoms with Crippen molar-refractivity contribution in [2.45, 2.75) is 38.3 Å². The van der Waals surface area contributed by atoms with Crippen LogP contribution in [-0.2, 0) is 6.54 Å². The highest BCUT2D eigenvalue weighted by Gasteiger charge is 2.22. The van der Waals surface area contributed by atoms with E-state index in [9.17, 15) is 0 Å². The molecule has 6 heteroatoms. The van der Waals surface area contributed by atoms with Crippen LogP contribution in [-0.4, -0.2) is 50.7 Å². The van der Waals surface area contributed by atoms with Crippen molar-refractivity contribution >= 4 is 39.1 Å². The van der Waals surface area contributed by atoms with E-state index >= 15 is 0 Å². The Balaban J connectivity index is 1.16. The van der Waals surface area contributed by atoms with Crippen LogP contribution in [0.1, 0.15) is 31.2 Å². The van der Waals surface area contributed by atoms with Crippen LogP contribution in [0.2, 0.25) is 0 Å². The van der Waals surface area contributed by atoms with E-state index in [2.05, 4.69) is 83.1 Å². The molecule has 0 aliphatic heterocycles. The van der Waals surface area contributed by atoms with Crippen molar-refractivity contribution in [1.82, 2.24) is 15.3 Å². The van der Waals surface area contributed by atoms with E-state index in [1.54, 1.807) is 0 Å². The molecule has 0 atom stereocenters. The zero-order valence-corrected chi connectivity index (χ0v) is 22.0. The predicted molar refractivity (Wildman–Crippen MR) is 153 cm³/mol. The molecule has 0 amide bonds. The summed E-state index contributed by atoms with van der Waals surface area (Å²) in [4.78, 5) is 13.9. The quantitative estimate of drug-likeness (QED) is 0.337. The molecule has 2 N–H and O–H groups in total.